The minimum absolute atomic E-state index is 0.0666. The summed E-state index contributed by atoms with van der Waals surface area (Å²) >= 11 is 0. The first-order chi connectivity index (χ1) is 12.5. The number of benzene rings is 2. The van der Waals surface area contributed by atoms with E-state index in [-0.39, 0.29) is 5.91 Å². The first-order valence-electron chi connectivity index (χ1n) is 9.25. The van der Waals surface area contributed by atoms with Gasteiger partial charge in [-0.2, -0.15) is 0 Å². The molecule has 2 aromatic rings. The van der Waals surface area contributed by atoms with Gasteiger partial charge in [0.1, 0.15) is 0 Å². The van der Waals surface area contributed by atoms with Gasteiger partial charge in [0.25, 0.3) is 5.91 Å². The van der Waals surface area contributed by atoms with Gasteiger partial charge in [-0.15, -0.1) is 0 Å². The quantitative estimate of drug-likeness (QED) is 0.785. The Hall–Kier alpha value is -1.94. The maximum Gasteiger partial charge on any atom is 0.253 e. The lowest BCUT2D eigenvalue weighted by molar-refractivity contribution is 0.0689. The second-order valence-electron chi connectivity index (χ2n) is 7.25. The van der Waals surface area contributed by atoms with Crippen LogP contribution in [-0.4, -0.2) is 34.4 Å². The topological polar surface area (TPSA) is 37.4 Å². The maximum atomic E-state index is 12.9. The molecule has 0 heterocycles. The molecule has 0 spiro atoms. The summed E-state index contributed by atoms with van der Waals surface area (Å²) in [6.45, 7) is 0. The van der Waals surface area contributed by atoms with Gasteiger partial charge in [0.15, 0.2) is 0 Å². The Morgan fingerprint density at radius 3 is 2.38 bits per heavy atom. The van der Waals surface area contributed by atoms with E-state index < -0.39 is 10.8 Å². The van der Waals surface area contributed by atoms with Gasteiger partial charge in [0.2, 0.25) is 0 Å². The lowest BCUT2D eigenvalue weighted by Crippen LogP contribution is -2.39. The summed E-state index contributed by atoms with van der Waals surface area (Å²) < 4.78 is 11.4. The molecule has 0 aliphatic heterocycles. The number of nitrogens with zero attached hydrogens (tertiary/aromatic N) is 1. The van der Waals surface area contributed by atoms with Gasteiger partial charge in [0, 0.05) is 41.5 Å². The van der Waals surface area contributed by atoms with Crippen molar-refractivity contribution in [3.8, 4) is 0 Å². The maximum absolute atomic E-state index is 12.9. The third kappa shape index (κ3) is 4.61. The summed E-state index contributed by atoms with van der Waals surface area (Å²) in [5.41, 5.74) is 3.07. The first-order valence-corrected chi connectivity index (χ1v) is 11.0. The molecule has 0 saturated heterocycles. The normalized spacial score (nSPS) is 21.2. The molecule has 1 aliphatic rings. The average Bonchev–Trinajstić information content (AvgIpc) is 2.67. The van der Waals surface area contributed by atoms with E-state index in [4.69, 9.17) is 0 Å². The van der Waals surface area contributed by atoms with Gasteiger partial charge in [-0.25, -0.2) is 0 Å². The Labute approximate surface area is 158 Å². The fraction of sp³-hybridized carbons (Fsp3) is 0.409. The lowest BCUT2D eigenvalue weighted by atomic mass is 9.81. The molecule has 0 N–H and O–H groups in total. The standard InChI is InChI=1S/C22H27NO2S/c1-23(22(24)20-10-6-7-17(15-20)16-26(2)25)21-13-11-19(12-14-21)18-8-4-3-5-9-18/h3-10,15,19,21H,11-14,16H2,1-2H3/t19?,21?,26-/m0/s1. The molecule has 2 aromatic carbocycles. The largest absolute Gasteiger partial charge is 0.339 e. The summed E-state index contributed by atoms with van der Waals surface area (Å²) in [7, 11) is 1.02. The van der Waals surface area contributed by atoms with E-state index in [2.05, 4.69) is 30.3 Å². The van der Waals surface area contributed by atoms with Crippen molar-refractivity contribution in [2.45, 2.75) is 43.4 Å². The van der Waals surface area contributed by atoms with Crippen molar-refractivity contribution in [1.82, 2.24) is 4.90 Å². The molecule has 1 fully saturated rings. The average molecular weight is 370 g/mol. The monoisotopic (exact) mass is 369 g/mol. The van der Waals surface area contributed by atoms with Gasteiger partial charge < -0.3 is 4.90 Å². The van der Waals surface area contributed by atoms with Crippen LogP contribution in [0.25, 0.3) is 0 Å². The third-order valence-electron chi connectivity index (χ3n) is 5.38. The van der Waals surface area contributed by atoms with Crippen molar-refractivity contribution >= 4 is 16.7 Å². The zero-order valence-corrected chi connectivity index (χ0v) is 16.4. The van der Waals surface area contributed by atoms with Crippen LogP contribution in [-0.2, 0) is 16.6 Å². The highest BCUT2D eigenvalue weighted by Gasteiger charge is 2.27. The lowest BCUT2D eigenvalue weighted by Gasteiger charge is -2.35. The SMILES string of the molecule is CN(C(=O)c1cccc(C[S@](C)=O)c1)C1CCC(c2ccccc2)CC1. The molecular formula is C22H27NO2S. The van der Waals surface area contributed by atoms with E-state index in [1.807, 2.05) is 36.2 Å². The Morgan fingerprint density at radius 2 is 1.73 bits per heavy atom. The Bertz CT molecular complexity index is 767. The van der Waals surface area contributed by atoms with E-state index in [1.54, 1.807) is 6.26 Å². The molecule has 4 heteroatoms. The summed E-state index contributed by atoms with van der Waals surface area (Å²) in [6.07, 6.45) is 6.02. The number of rotatable bonds is 5. The highest BCUT2D eigenvalue weighted by atomic mass is 32.2. The summed E-state index contributed by atoms with van der Waals surface area (Å²) in [6, 6.07) is 18.5. The van der Waals surface area contributed by atoms with Gasteiger partial charge in [0.05, 0.1) is 0 Å². The highest BCUT2D eigenvalue weighted by Crippen LogP contribution is 2.34. The second-order valence-corrected chi connectivity index (χ2v) is 8.69. The molecule has 0 unspecified atom stereocenters. The third-order valence-corrected chi connectivity index (χ3v) is 6.12. The Balaban J connectivity index is 1.62. The van der Waals surface area contributed by atoms with Gasteiger partial charge in [-0.1, -0.05) is 42.5 Å². The van der Waals surface area contributed by atoms with Crippen molar-refractivity contribution in [2.24, 2.45) is 0 Å². The molecule has 1 aliphatic carbocycles. The fourth-order valence-electron chi connectivity index (χ4n) is 3.92. The van der Waals surface area contributed by atoms with E-state index in [9.17, 15) is 9.00 Å². The van der Waals surface area contributed by atoms with Crippen LogP contribution >= 0.6 is 0 Å². The van der Waals surface area contributed by atoms with E-state index in [0.717, 1.165) is 31.2 Å². The summed E-state index contributed by atoms with van der Waals surface area (Å²) in [4.78, 5) is 14.8. The van der Waals surface area contributed by atoms with Crippen LogP contribution in [0.4, 0.5) is 0 Å². The highest BCUT2D eigenvalue weighted by molar-refractivity contribution is 7.83. The van der Waals surface area contributed by atoms with Crippen LogP contribution in [0.3, 0.4) is 0 Å². The van der Waals surface area contributed by atoms with Crippen molar-refractivity contribution in [3.63, 3.8) is 0 Å². The van der Waals surface area contributed by atoms with Crippen molar-refractivity contribution < 1.29 is 9.00 Å². The van der Waals surface area contributed by atoms with Crippen LogP contribution in [0.5, 0.6) is 0 Å². The van der Waals surface area contributed by atoms with Crippen LogP contribution in [0.2, 0.25) is 0 Å². The van der Waals surface area contributed by atoms with Crippen LogP contribution in [0, 0.1) is 0 Å². The smallest absolute Gasteiger partial charge is 0.253 e. The van der Waals surface area contributed by atoms with Crippen molar-refractivity contribution in [2.75, 3.05) is 13.3 Å². The number of carbonyl (C=O) groups is 1. The molecule has 138 valence electrons. The minimum atomic E-state index is -0.900. The van der Waals surface area contributed by atoms with Crippen molar-refractivity contribution in [1.29, 1.82) is 0 Å². The predicted octanol–water partition coefficient (Wildman–Crippen LogP) is 4.36. The molecular weight excluding hydrogens is 342 g/mol. The second kappa shape index (κ2) is 8.63. The molecule has 1 saturated carbocycles. The number of amides is 1. The summed E-state index contributed by atoms with van der Waals surface area (Å²) in [5.74, 6) is 1.17. The van der Waals surface area contributed by atoms with Gasteiger partial charge >= 0.3 is 0 Å². The van der Waals surface area contributed by atoms with Gasteiger partial charge in [-0.05, 0) is 54.9 Å². The first kappa shape index (κ1) is 18.8. The van der Waals surface area contributed by atoms with Crippen LogP contribution < -0.4 is 0 Å². The van der Waals surface area contributed by atoms with Crippen LogP contribution in [0.1, 0.15) is 53.1 Å². The Morgan fingerprint density at radius 1 is 1.04 bits per heavy atom. The molecule has 0 bridgehead atoms. The van der Waals surface area contributed by atoms with E-state index in [1.165, 1.54) is 5.56 Å². The molecule has 3 rings (SSSR count). The fourth-order valence-corrected chi connectivity index (χ4v) is 4.57. The van der Waals surface area contributed by atoms with E-state index >= 15 is 0 Å². The molecule has 0 radical (unpaired) electrons. The molecule has 0 aromatic heterocycles. The molecule has 26 heavy (non-hydrogen) atoms. The van der Waals surface area contributed by atoms with Crippen LogP contribution in [0.15, 0.2) is 54.6 Å². The number of carbonyl (C=O) groups excluding carboxylic acids is 1. The number of hydrogen-bond acceptors (Lipinski definition) is 2. The molecule has 3 nitrogen and oxygen atoms in total. The molecule has 1 amide bonds. The van der Waals surface area contributed by atoms with E-state index in [0.29, 0.717) is 23.3 Å². The molecule has 1 atom stereocenters. The summed E-state index contributed by atoms with van der Waals surface area (Å²) in [5, 5.41) is 0. The van der Waals surface area contributed by atoms with Crippen molar-refractivity contribution in [3.05, 3.63) is 71.3 Å². The predicted molar refractivity (Wildman–Crippen MR) is 108 cm³/mol. The minimum Gasteiger partial charge on any atom is -0.339 e. The number of hydrogen-bond donors (Lipinski definition) is 0. The zero-order valence-electron chi connectivity index (χ0n) is 15.6. The zero-order chi connectivity index (χ0) is 18.5. The Kier molecular flexibility index (Phi) is 6.25. The van der Waals surface area contributed by atoms with Gasteiger partial charge in [-0.3, -0.25) is 9.00 Å².